The number of rotatable bonds is 8. The lowest BCUT2D eigenvalue weighted by Gasteiger charge is -2.26. The van der Waals surface area contributed by atoms with E-state index in [1.165, 1.54) is 29.6 Å². The van der Waals surface area contributed by atoms with Gasteiger partial charge in [-0.05, 0) is 62.6 Å². The van der Waals surface area contributed by atoms with Crippen LogP contribution in [-0.2, 0) is 10.0 Å². The lowest BCUT2D eigenvalue weighted by Crippen LogP contribution is -2.35. The molecule has 8 heteroatoms. The number of benzene rings is 2. The molecule has 2 aromatic rings. The third kappa shape index (κ3) is 5.37. The summed E-state index contributed by atoms with van der Waals surface area (Å²) in [5, 5.41) is 2.93. The van der Waals surface area contributed by atoms with Crippen molar-refractivity contribution in [2.24, 2.45) is 0 Å². The molecule has 0 saturated carbocycles. The number of hydrogen-bond acceptors (Lipinski definition) is 5. The van der Waals surface area contributed by atoms with Gasteiger partial charge in [-0.2, -0.15) is 4.31 Å². The monoisotopic (exact) mass is 446 g/mol. The van der Waals surface area contributed by atoms with Crippen LogP contribution < -0.4 is 14.8 Å². The van der Waals surface area contributed by atoms with Gasteiger partial charge in [-0.15, -0.1) is 0 Å². The smallest absolute Gasteiger partial charge is 0.255 e. The van der Waals surface area contributed by atoms with Gasteiger partial charge in [0.15, 0.2) is 0 Å². The van der Waals surface area contributed by atoms with Crippen LogP contribution in [0.5, 0.6) is 11.5 Å². The van der Waals surface area contributed by atoms with Gasteiger partial charge >= 0.3 is 0 Å². The van der Waals surface area contributed by atoms with Crippen molar-refractivity contribution in [2.45, 2.75) is 44.0 Å². The molecule has 1 N–H and O–H groups in total. The van der Waals surface area contributed by atoms with Crippen LogP contribution in [-0.4, -0.2) is 45.4 Å². The zero-order chi connectivity index (χ0) is 22.4. The number of ether oxygens (including phenoxy) is 2. The van der Waals surface area contributed by atoms with E-state index in [9.17, 15) is 13.2 Å². The van der Waals surface area contributed by atoms with Crippen molar-refractivity contribution in [3.8, 4) is 11.5 Å². The van der Waals surface area contributed by atoms with E-state index < -0.39 is 15.9 Å². The summed E-state index contributed by atoms with van der Waals surface area (Å²) in [6.07, 6.45) is 2.73. The number of piperidine rings is 1. The Bertz CT molecular complexity index is 999. The largest absolute Gasteiger partial charge is 0.496 e. The summed E-state index contributed by atoms with van der Waals surface area (Å²) < 4.78 is 38.3. The van der Waals surface area contributed by atoms with E-state index in [2.05, 4.69) is 5.32 Å². The second kappa shape index (κ2) is 10.2. The number of amides is 1. The van der Waals surface area contributed by atoms with Crippen molar-refractivity contribution in [2.75, 3.05) is 26.8 Å². The van der Waals surface area contributed by atoms with E-state index >= 15 is 0 Å². The molecule has 1 atom stereocenters. The number of nitrogens with one attached hydrogen (secondary N) is 1. The lowest BCUT2D eigenvalue weighted by atomic mass is 10.1. The van der Waals surface area contributed by atoms with Gasteiger partial charge in [0, 0.05) is 13.1 Å². The van der Waals surface area contributed by atoms with Crippen molar-refractivity contribution < 1.29 is 22.7 Å². The van der Waals surface area contributed by atoms with Gasteiger partial charge in [0.1, 0.15) is 11.5 Å². The zero-order valence-corrected chi connectivity index (χ0v) is 19.1. The molecule has 0 aromatic heterocycles. The summed E-state index contributed by atoms with van der Waals surface area (Å²) in [6, 6.07) is 11.7. The molecule has 31 heavy (non-hydrogen) atoms. The summed E-state index contributed by atoms with van der Waals surface area (Å²) in [6.45, 7) is 5.38. The molecule has 3 rings (SSSR count). The average Bonchev–Trinajstić information content (AvgIpc) is 2.79. The van der Waals surface area contributed by atoms with Crippen LogP contribution in [0.2, 0.25) is 0 Å². The third-order valence-corrected chi connectivity index (χ3v) is 7.30. The van der Waals surface area contributed by atoms with Crippen LogP contribution in [0.25, 0.3) is 0 Å². The second-order valence-electron chi connectivity index (χ2n) is 7.52. The highest BCUT2D eigenvalue weighted by atomic mass is 32.2. The van der Waals surface area contributed by atoms with Crippen molar-refractivity contribution in [1.82, 2.24) is 9.62 Å². The molecule has 0 unspecified atom stereocenters. The summed E-state index contributed by atoms with van der Waals surface area (Å²) in [4.78, 5) is 13.1. The van der Waals surface area contributed by atoms with Gasteiger partial charge < -0.3 is 14.8 Å². The first kappa shape index (κ1) is 23.1. The number of sulfonamides is 1. The first-order valence-corrected chi connectivity index (χ1v) is 12.0. The first-order chi connectivity index (χ1) is 14.9. The quantitative estimate of drug-likeness (QED) is 0.667. The van der Waals surface area contributed by atoms with Crippen LogP contribution in [0.4, 0.5) is 0 Å². The van der Waals surface area contributed by atoms with Crippen molar-refractivity contribution in [3.05, 3.63) is 53.6 Å². The normalized spacial score (nSPS) is 15.8. The van der Waals surface area contributed by atoms with E-state index in [0.29, 0.717) is 25.4 Å². The van der Waals surface area contributed by atoms with Crippen molar-refractivity contribution >= 4 is 15.9 Å². The van der Waals surface area contributed by atoms with E-state index in [0.717, 1.165) is 30.6 Å². The molecular formula is C23H30N2O5S. The molecule has 1 aliphatic rings. The van der Waals surface area contributed by atoms with Gasteiger partial charge in [-0.1, -0.05) is 18.6 Å². The summed E-state index contributed by atoms with van der Waals surface area (Å²) in [7, 11) is -2.19. The molecule has 1 aliphatic heterocycles. The van der Waals surface area contributed by atoms with E-state index in [-0.39, 0.29) is 16.5 Å². The Morgan fingerprint density at radius 3 is 2.39 bits per heavy atom. The minimum absolute atomic E-state index is 0.106. The van der Waals surface area contributed by atoms with Crippen LogP contribution >= 0.6 is 0 Å². The highest BCUT2D eigenvalue weighted by Gasteiger charge is 2.28. The molecule has 0 radical (unpaired) electrons. The molecule has 7 nitrogen and oxygen atoms in total. The molecule has 1 heterocycles. The van der Waals surface area contributed by atoms with Gasteiger partial charge in [-0.25, -0.2) is 8.42 Å². The van der Waals surface area contributed by atoms with Crippen LogP contribution in [0.15, 0.2) is 47.4 Å². The fourth-order valence-electron chi connectivity index (χ4n) is 3.66. The fourth-order valence-corrected chi connectivity index (χ4v) is 5.20. The molecule has 168 valence electrons. The molecule has 1 fully saturated rings. The van der Waals surface area contributed by atoms with Crippen molar-refractivity contribution in [1.29, 1.82) is 0 Å². The third-order valence-electron chi connectivity index (χ3n) is 5.41. The van der Waals surface area contributed by atoms with Gasteiger partial charge in [0.05, 0.1) is 30.2 Å². The molecule has 0 spiro atoms. The Morgan fingerprint density at radius 2 is 1.77 bits per heavy atom. The van der Waals surface area contributed by atoms with Crippen LogP contribution in [0, 0.1) is 0 Å². The molecule has 1 saturated heterocycles. The van der Waals surface area contributed by atoms with Gasteiger partial charge in [-0.3, -0.25) is 4.79 Å². The maximum absolute atomic E-state index is 13.0. The van der Waals surface area contributed by atoms with Gasteiger partial charge in [0.2, 0.25) is 10.0 Å². The molecular weight excluding hydrogens is 416 g/mol. The minimum atomic E-state index is -3.65. The number of methoxy groups -OCH3 is 1. The van der Waals surface area contributed by atoms with E-state index in [1.807, 2.05) is 38.1 Å². The predicted octanol–water partition coefficient (Wildman–Crippen LogP) is 3.76. The maximum atomic E-state index is 13.0. The minimum Gasteiger partial charge on any atom is -0.496 e. The Labute approximate surface area is 184 Å². The van der Waals surface area contributed by atoms with Crippen LogP contribution in [0.1, 0.15) is 55.1 Å². The Balaban J connectivity index is 1.81. The van der Waals surface area contributed by atoms with Crippen LogP contribution in [0.3, 0.4) is 0 Å². The topological polar surface area (TPSA) is 84.9 Å². The lowest BCUT2D eigenvalue weighted by molar-refractivity contribution is 0.0936. The SMILES string of the molecule is CCOc1ccc([C@H](C)NC(=O)c2cc(S(=O)(=O)N3CCCCC3)ccc2OC)cc1. The molecule has 1 amide bonds. The second-order valence-corrected chi connectivity index (χ2v) is 9.46. The average molecular weight is 447 g/mol. The summed E-state index contributed by atoms with van der Waals surface area (Å²) in [5.41, 5.74) is 1.10. The molecule has 0 aliphatic carbocycles. The maximum Gasteiger partial charge on any atom is 0.255 e. The standard InChI is InChI=1S/C23H30N2O5S/c1-4-30-19-10-8-18(9-11-19)17(2)24-23(26)21-16-20(12-13-22(21)29-3)31(27,28)25-14-6-5-7-15-25/h8-13,16-17H,4-7,14-15H2,1-3H3,(H,24,26)/t17-/m0/s1. The predicted molar refractivity (Wildman–Crippen MR) is 119 cm³/mol. The fraction of sp³-hybridized carbons (Fsp3) is 0.435. The highest BCUT2D eigenvalue weighted by Crippen LogP contribution is 2.27. The Morgan fingerprint density at radius 1 is 1.10 bits per heavy atom. The van der Waals surface area contributed by atoms with Crippen molar-refractivity contribution in [3.63, 3.8) is 0 Å². The zero-order valence-electron chi connectivity index (χ0n) is 18.3. The van der Waals surface area contributed by atoms with Gasteiger partial charge in [0.25, 0.3) is 5.91 Å². The summed E-state index contributed by atoms with van der Waals surface area (Å²) in [5.74, 6) is 0.699. The van der Waals surface area contributed by atoms with E-state index in [4.69, 9.17) is 9.47 Å². The number of nitrogens with zero attached hydrogens (tertiary/aromatic N) is 1. The Kier molecular flexibility index (Phi) is 7.56. The first-order valence-electron chi connectivity index (χ1n) is 10.6. The highest BCUT2D eigenvalue weighted by molar-refractivity contribution is 7.89. The number of hydrogen-bond donors (Lipinski definition) is 1. The number of carbonyl (C=O) groups excluding carboxylic acids is 1. The summed E-state index contributed by atoms with van der Waals surface area (Å²) >= 11 is 0. The molecule has 0 bridgehead atoms. The van der Waals surface area contributed by atoms with E-state index in [1.54, 1.807) is 0 Å². The Hall–Kier alpha value is -2.58. The molecule has 2 aromatic carbocycles. The number of carbonyl (C=O) groups is 1.